The Kier molecular flexibility index (Phi) is 9.36. The third kappa shape index (κ3) is 9.74. The van der Waals surface area contributed by atoms with Crippen molar-refractivity contribution in [1.29, 1.82) is 0 Å². The van der Waals surface area contributed by atoms with Crippen molar-refractivity contribution in [3.8, 4) is 0 Å². The van der Waals surface area contributed by atoms with Gasteiger partial charge < -0.3 is 9.11 Å². The molecule has 2 aromatic heterocycles. The fourth-order valence-corrected chi connectivity index (χ4v) is 3.48. The van der Waals surface area contributed by atoms with Crippen molar-refractivity contribution >= 4 is 20.2 Å². The molecule has 0 bridgehead atoms. The molecule has 4 aromatic rings. The minimum Gasteiger partial charge on any atom is -0.744 e. The molecule has 0 unspecified atom stereocenters. The zero-order valence-corrected chi connectivity index (χ0v) is 21.2. The quantitative estimate of drug-likeness (QED) is 0.268. The van der Waals surface area contributed by atoms with Crippen LogP contribution in [0.3, 0.4) is 0 Å². The van der Waals surface area contributed by atoms with Gasteiger partial charge in [0.1, 0.15) is 20.2 Å². The average molecular weight is 523 g/mol. The van der Waals surface area contributed by atoms with Crippen molar-refractivity contribution in [3.63, 3.8) is 0 Å². The van der Waals surface area contributed by atoms with Crippen LogP contribution in [-0.2, 0) is 41.0 Å². The molecule has 2 aromatic carbocycles. The average Bonchev–Trinajstić information content (AvgIpc) is 3.36. The van der Waals surface area contributed by atoms with Crippen LogP contribution in [0.2, 0.25) is 0 Å². The molecule has 0 fully saturated rings. The van der Waals surface area contributed by atoms with E-state index in [1.165, 1.54) is 24.3 Å². The molecule has 0 spiro atoms. The lowest BCUT2D eigenvalue weighted by molar-refractivity contribution is -0.673. The van der Waals surface area contributed by atoms with Crippen molar-refractivity contribution in [2.75, 3.05) is 0 Å². The first-order valence-electron chi connectivity index (χ1n) is 10.0. The van der Waals surface area contributed by atoms with Gasteiger partial charge in [0, 0.05) is 10.2 Å². The Balaban J connectivity index is 0.000000186. The highest BCUT2D eigenvalue weighted by Gasteiger charge is 2.08. The maximum Gasteiger partial charge on any atom is 0.265 e. The lowest BCUT2D eigenvalue weighted by Crippen LogP contribution is -2.25. The molecule has 0 radical (unpaired) electrons. The van der Waals surface area contributed by atoms with Gasteiger partial charge in [-0.2, -0.15) is 0 Å². The topological polar surface area (TPSA) is 158 Å². The Hall–Kier alpha value is -3.46. The normalized spacial score (nSPS) is 11.1. The fourth-order valence-electron chi connectivity index (χ4n) is 2.54. The molecule has 0 aliphatic rings. The van der Waals surface area contributed by atoms with Crippen LogP contribution in [-0.4, -0.2) is 45.5 Å². The monoisotopic (exact) mass is 522 g/mol. The Morgan fingerprint density at radius 3 is 1.23 bits per heavy atom. The Morgan fingerprint density at radius 1 is 0.686 bits per heavy atom. The van der Waals surface area contributed by atoms with Gasteiger partial charge in [0.2, 0.25) is 12.7 Å². The van der Waals surface area contributed by atoms with E-state index in [4.69, 9.17) is 0 Å². The molecule has 0 saturated carbocycles. The van der Waals surface area contributed by atoms with Crippen LogP contribution in [0, 0.1) is 13.8 Å². The van der Waals surface area contributed by atoms with E-state index in [9.17, 15) is 25.9 Å². The van der Waals surface area contributed by atoms with Gasteiger partial charge in [-0.15, -0.1) is 0 Å². The van der Waals surface area contributed by atoms with Gasteiger partial charge in [-0.25, -0.2) is 26.0 Å². The number of aromatic nitrogens is 6. The summed E-state index contributed by atoms with van der Waals surface area (Å²) >= 11 is 0. The summed E-state index contributed by atoms with van der Waals surface area (Å²) in [6.07, 6.45) is 7.32. The lowest BCUT2D eigenvalue weighted by atomic mass is 10.2. The number of nitrogens with zero attached hydrogens (tertiary/aromatic N) is 6. The first-order valence-corrected chi connectivity index (χ1v) is 12.9. The number of aryl methyl sites for hydroxylation is 4. The summed E-state index contributed by atoms with van der Waals surface area (Å²) in [5.41, 5.74) is 1.86. The van der Waals surface area contributed by atoms with Gasteiger partial charge >= 0.3 is 0 Å². The predicted octanol–water partition coefficient (Wildman–Crippen LogP) is 0.0326. The Morgan fingerprint density at radius 2 is 1.00 bits per heavy atom. The second-order valence-corrected chi connectivity index (χ2v) is 10.3. The van der Waals surface area contributed by atoms with Crippen LogP contribution in [0.5, 0.6) is 0 Å². The van der Waals surface area contributed by atoms with Gasteiger partial charge in [0.05, 0.1) is 23.9 Å². The minimum atomic E-state index is -4.27. The number of rotatable bonds is 4. The van der Waals surface area contributed by atoms with E-state index in [2.05, 4.69) is 10.2 Å². The van der Waals surface area contributed by atoms with E-state index in [-0.39, 0.29) is 9.79 Å². The first-order chi connectivity index (χ1) is 16.2. The highest BCUT2D eigenvalue weighted by atomic mass is 32.2. The molecule has 0 aliphatic carbocycles. The van der Waals surface area contributed by atoms with Crippen LogP contribution in [0.1, 0.15) is 11.1 Å². The van der Waals surface area contributed by atoms with E-state index >= 15 is 0 Å². The van der Waals surface area contributed by atoms with E-state index in [1.54, 1.807) is 36.9 Å². The molecule has 0 aliphatic heterocycles. The van der Waals surface area contributed by atoms with Gasteiger partial charge in [-0.05, 0) is 38.1 Å². The molecule has 4 rings (SSSR count). The van der Waals surface area contributed by atoms with E-state index < -0.39 is 20.2 Å². The van der Waals surface area contributed by atoms with Gasteiger partial charge in [0.25, 0.3) is 19.3 Å². The van der Waals surface area contributed by atoms with Crippen LogP contribution in [0.25, 0.3) is 0 Å². The number of benzene rings is 2. The zero-order valence-electron chi connectivity index (χ0n) is 19.6. The molecule has 12 nitrogen and oxygen atoms in total. The summed E-state index contributed by atoms with van der Waals surface area (Å²) in [5, 5.41) is 8.26. The van der Waals surface area contributed by atoms with Crippen LogP contribution >= 0.6 is 0 Å². The van der Waals surface area contributed by atoms with E-state index in [1.807, 2.05) is 59.1 Å². The molecule has 0 amide bonds. The first kappa shape index (κ1) is 27.8. The molecule has 0 N–H and O–H groups in total. The highest BCUT2D eigenvalue weighted by Crippen LogP contribution is 2.09. The van der Waals surface area contributed by atoms with Crippen molar-refractivity contribution in [1.82, 2.24) is 19.6 Å². The van der Waals surface area contributed by atoms with Gasteiger partial charge in [-0.1, -0.05) is 44.8 Å². The molecular formula is C21H26N6O6S2. The molecule has 0 saturated heterocycles. The molecule has 188 valence electrons. The minimum absolute atomic E-state index is 0.178. The third-order valence-corrected chi connectivity index (χ3v) is 6.00. The van der Waals surface area contributed by atoms with Crippen LogP contribution in [0.4, 0.5) is 0 Å². The second-order valence-electron chi connectivity index (χ2n) is 7.58. The maximum atomic E-state index is 10.4. The molecule has 14 heteroatoms. The van der Waals surface area contributed by atoms with E-state index in [0.29, 0.717) is 6.67 Å². The predicted molar refractivity (Wildman–Crippen MR) is 120 cm³/mol. The van der Waals surface area contributed by atoms with Crippen LogP contribution < -0.4 is 9.13 Å². The lowest BCUT2D eigenvalue weighted by Gasteiger charge is -2.05. The molecule has 2 heterocycles. The summed E-state index contributed by atoms with van der Waals surface area (Å²) < 4.78 is 69.7. The van der Waals surface area contributed by atoms with Crippen molar-refractivity contribution in [2.45, 2.75) is 30.3 Å². The largest absolute Gasteiger partial charge is 0.744 e. The maximum absolute atomic E-state index is 10.4. The number of hydrogen-bond donors (Lipinski definition) is 0. The summed E-state index contributed by atoms with van der Waals surface area (Å²) in [5.74, 6) is 0. The third-order valence-electron chi connectivity index (χ3n) is 4.30. The Bertz CT molecular complexity index is 1330. The van der Waals surface area contributed by atoms with Gasteiger partial charge in [0.15, 0.2) is 0 Å². The van der Waals surface area contributed by atoms with Crippen molar-refractivity contribution in [2.24, 2.45) is 14.1 Å². The smallest absolute Gasteiger partial charge is 0.265 e. The van der Waals surface area contributed by atoms with Crippen LogP contribution in [0.15, 0.2) is 83.6 Å². The second kappa shape index (κ2) is 11.8. The summed E-state index contributed by atoms with van der Waals surface area (Å²) in [4.78, 5) is -0.355. The summed E-state index contributed by atoms with van der Waals surface area (Å²) in [6.45, 7) is 4.28. The molecular weight excluding hydrogens is 496 g/mol. The van der Waals surface area contributed by atoms with Gasteiger partial charge in [-0.3, -0.25) is 0 Å². The summed E-state index contributed by atoms with van der Waals surface area (Å²) in [6, 6.07) is 11.6. The standard InChI is InChI=1S/C7H12N6.2C7H8O3S/c1-10-3-8-12(5-10)7-13-6-11(2)4-9-13;2*1-6-2-4-7(5-3-6)11(8,9)10/h3-6H,7H2,1-2H3;2*2-5H,1H3,(H,8,9,10)/q+2;;/p-2. The number of hydrogen-bond acceptors (Lipinski definition) is 8. The fraction of sp³-hybridized carbons (Fsp3) is 0.238. The molecule has 0 atom stereocenters. The SMILES string of the molecule is C[n+]1cnn(Cn2c[n+](C)cn2)c1.Cc1ccc(S(=O)(=O)[O-])cc1.Cc1ccc(S(=O)(=O)[O-])cc1. The molecule has 35 heavy (non-hydrogen) atoms. The highest BCUT2D eigenvalue weighted by molar-refractivity contribution is 7.86. The van der Waals surface area contributed by atoms with E-state index in [0.717, 1.165) is 11.1 Å². The van der Waals surface area contributed by atoms with Crippen molar-refractivity contribution < 1.29 is 35.1 Å². The zero-order chi connectivity index (χ0) is 26.2. The Labute approximate surface area is 204 Å². The van der Waals surface area contributed by atoms with Crippen molar-refractivity contribution in [3.05, 3.63) is 85.0 Å². The summed E-state index contributed by atoms with van der Waals surface area (Å²) in [7, 11) is -4.66.